The van der Waals surface area contributed by atoms with Crippen molar-refractivity contribution in [3.05, 3.63) is 58.4 Å². The maximum atomic E-state index is 14.9. The van der Waals surface area contributed by atoms with Gasteiger partial charge < -0.3 is 4.42 Å². The predicted octanol–water partition coefficient (Wildman–Crippen LogP) is 7.37. The second kappa shape index (κ2) is 10.8. The van der Waals surface area contributed by atoms with Gasteiger partial charge in [-0.05, 0) is 61.0 Å². The first kappa shape index (κ1) is 21.8. The molecule has 158 valence electrons. The number of aryl methyl sites for hydroxylation is 2. The van der Waals surface area contributed by atoms with E-state index in [1.165, 1.54) is 38.5 Å². The Hall–Kier alpha value is -1.90. The average Bonchev–Trinajstić information content (AvgIpc) is 2.72. The molecule has 0 saturated heterocycles. The van der Waals surface area contributed by atoms with Crippen LogP contribution in [0.4, 0.5) is 4.39 Å². The lowest BCUT2D eigenvalue weighted by Gasteiger charge is -2.28. The van der Waals surface area contributed by atoms with Crippen molar-refractivity contribution in [2.45, 2.75) is 84.0 Å². The molecule has 1 aliphatic carbocycles. The van der Waals surface area contributed by atoms with Gasteiger partial charge >= 0.3 is 5.63 Å². The highest BCUT2D eigenvalue weighted by Crippen LogP contribution is 2.34. The first-order valence-corrected chi connectivity index (χ1v) is 11.5. The molecule has 29 heavy (non-hydrogen) atoms. The second-order valence-corrected chi connectivity index (χ2v) is 8.75. The quantitative estimate of drug-likeness (QED) is 0.309. The van der Waals surface area contributed by atoms with Crippen LogP contribution in [0.3, 0.4) is 0 Å². The fourth-order valence-corrected chi connectivity index (χ4v) is 4.81. The molecule has 0 radical (unpaired) electrons. The van der Waals surface area contributed by atoms with Crippen LogP contribution in [0.1, 0.15) is 82.5 Å². The Morgan fingerprint density at radius 2 is 1.83 bits per heavy atom. The zero-order valence-corrected chi connectivity index (χ0v) is 17.9. The summed E-state index contributed by atoms with van der Waals surface area (Å²) in [5.74, 6) is 1.97. The van der Waals surface area contributed by atoms with E-state index in [1.54, 1.807) is 6.07 Å². The number of rotatable bonds is 10. The number of benzene rings is 1. The summed E-state index contributed by atoms with van der Waals surface area (Å²) in [6.07, 6.45) is 15.5. The SMILES string of the molecule is C=CCCC1CCC(CCCCc2ccc3cc(CCC)oc(=O)c3c2F)CC1. The van der Waals surface area contributed by atoms with Gasteiger partial charge in [-0.3, -0.25) is 0 Å². The molecular formula is C26H35FO2. The molecule has 1 fully saturated rings. The van der Waals surface area contributed by atoms with E-state index in [2.05, 4.69) is 6.58 Å². The highest BCUT2D eigenvalue weighted by Gasteiger charge is 2.20. The van der Waals surface area contributed by atoms with Gasteiger partial charge in [-0.25, -0.2) is 9.18 Å². The summed E-state index contributed by atoms with van der Waals surface area (Å²) in [7, 11) is 0. The lowest BCUT2D eigenvalue weighted by molar-refractivity contribution is 0.250. The second-order valence-electron chi connectivity index (χ2n) is 8.75. The largest absolute Gasteiger partial charge is 0.427 e. The van der Waals surface area contributed by atoms with Gasteiger partial charge in [-0.1, -0.05) is 63.7 Å². The number of allylic oxidation sites excluding steroid dienone is 1. The maximum Gasteiger partial charge on any atom is 0.346 e. The highest BCUT2D eigenvalue weighted by molar-refractivity contribution is 5.82. The molecule has 2 nitrogen and oxygen atoms in total. The summed E-state index contributed by atoms with van der Waals surface area (Å²) in [4.78, 5) is 12.3. The molecule has 0 unspecified atom stereocenters. The van der Waals surface area contributed by atoms with Crippen molar-refractivity contribution in [1.29, 1.82) is 0 Å². The van der Waals surface area contributed by atoms with Gasteiger partial charge in [0.15, 0.2) is 0 Å². The summed E-state index contributed by atoms with van der Waals surface area (Å²) in [5, 5.41) is 0.763. The fraction of sp³-hybridized carbons (Fsp3) is 0.577. The van der Waals surface area contributed by atoms with Gasteiger partial charge in [0.2, 0.25) is 0 Å². The van der Waals surface area contributed by atoms with E-state index in [0.29, 0.717) is 29.6 Å². The first-order valence-electron chi connectivity index (χ1n) is 11.5. The van der Waals surface area contributed by atoms with Gasteiger partial charge in [-0.15, -0.1) is 6.58 Å². The Morgan fingerprint density at radius 1 is 1.10 bits per heavy atom. The normalized spacial score (nSPS) is 19.5. The molecule has 1 aromatic carbocycles. The number of fused-ring (bicyclic) bond motifs is 1. The van der Waals surface area contributed by atoms with Crippen LogP contribution < -0.4 is 5.63 Å². The topological polar surface area (TPSA) is 30.2 Å². The van der Waals surface area contributed by atoms with E-state index in [9.17, 15) is 9.18 Å². The summed E-state index contributed by atoms with van der Waals surface area (Å²) in [5.41, 5.74) is 0.0969. The summed E-state index contributed by atoms with van der Waals surface area (Å²) in [6, 6.07) is 5.52. The van der Waals surface area contributed by atoms with Crippen LogP contribution in [-0.4, -0.2) is 0 Å². The van der Waals surface area contributed by atoms with Gasteiger partial charge in [-0.2, -0.15) is 0 Å². The monoisotopic (exact) mass is 398 g/mol. The molecule has 1 heterocycles. The third-order valence-corrected chi connectivity index (χ3v) is 6.55. The Balaban J connectivity index is 1.50. The Bertz CT molecular complexity index is 859. The Morgan fingerprint density at radius 3 is 2.52 bits per heavy atom. The third-order valence-electron chi connectivity index (χ3n) is 6.55. The van der Waals surface area contributed by atoms with E-state index < -0.39 is 5.63 Å². The molecule has 3 heteroatoms. The fourth-order valence-electron chi connectivity index (χ4n) is 4.81. The standard InChI is InChI=1S/C26H35FO2/c1-3-5-9-19-12-14-20(15-13-19)10-6-7-11-21-16-17-22-18-23(8-4-2)29-26(28)24(22)25(21)27/h3,16-20H,1,4-15H2,2H3. The summed E-state index contributed by atoms with van der Waals surface area (Å²) in [6.45, 7) is 5.85. The maximum absolute atomic E-state index is 14.9. The van der Waals surface area contributed by atoms with Crippen LogP contribution in [0.2, 0.25) is 0 Å². The number of halogens is 1. The molecule has 2 aromatic rings. The smallest absolute Gasteiger partial charge is 0.346 e. The molecule has 1 aromatic heterocycles. The Labute approximate surface area is 174 Å². The number of unbranched alkanes of at least 4 members (excludes halogenated alkanes) is 1. The summed E-state index contributed by atoms with van der Waals surface area (Å²) < 4.78 is 20.2. The molecule has 1 aliphatic rings. The van der Waals surface area contributed by atoms with E-state index >= 15 is 0 Å². The van der Waals surface area contributed by atoms with Gasteiger partial charge in [0.25, 0.3) is 0 Å². The van der Waals surface area contributed by atoms with Crippen molar-refractivity contribution >= 4 is 10.8 Å². The van der Waals surface area contributed by atoms with E-state index in [-0.39, 0.29) is 11.2 Å². The van der Waals surface area contributed by atoms with Crippen molar-refractivity contribution in [2.75, 3.05) is 0 Å². The van der Waals surface area contributed by atoms with Crippen LogP contribution in [0, 0.1) is 17.7 Å². The van der Waals surface area contributed by atoms with Crippen molar-refractivity contribution in [2.24, 2.45) is 11.8 Å². The van der Waals surface area contributed by atoms with Crippen LogP contribution in [0.15, 0.2) is 40.1 Å². The molecule has 0 spiro atoms. The molecular weight excluding hydrogens is 363 g/mol. The molecule has 0 N–H and O–H groups in total. The van der Waals surface area contributed by atoms with Gasteiger partial charge in [0, 0.05) is 6.42 Å². The lowest BCUT2D eigenvalue weighted by atomic mass is 9.78. The molecule has 0 amide bonds. The van der Waals surface area contributed by atoms with Crippen molar-refractivity contribution in [1.82, 2.24) is 0 Å². The number of hydrogen-bond donors (Lipinski definition) is 0. The summed E-state index contributed by atoms with van der Waals surface area (Å²) >= 11 is 0. The average molecular weight is 399 g/mol. The molecule has 0 bridgehead atoms. The van der Waals surface area contributed by atoms with E-state index in [0.717, 1.165) is 37.5 Å². The van der Waals surface area contributed by atoms with Crippen LogP contribution in [-0.2, 0) is 12.8 Å². The number of hydrogen-bond acceptors (Lipinski definition) is 2. The molecule has 3 rings (SSSR count). The van der Waals surface area contributed by atoms with Crippen LogP contribution >= 0.6 is 0 Å². The molecule has 0 atom stereocenters. The minimum atomic E-state index is -0.543. The minimum Gasteiger partial charge on any atom is -0.427 e. The van der Waals surface area contributed by atoms with Crippen LogP contribution in [0.5, 0.6) is 0 Å². The predicted molar refractivity (Wildman–Crippen MR) is 119 cm³/mol. The Kier molecular flexibility index (Phi) is 8.09. The third kappa shape index (κ3) is 5.81. The van der Waals surface area contributed by atoms with Gasteiger partial charge in [0.1, 0.15) is 17.0 Å². The van der Waals surface area contributed by atoms with Gasteiger partial charge in [0.05, 0.1) is 0 Å². The minimum absolute atomic E-state index is 0.111. The van der Waals surface area contributed by atoms with Crippen molar-refractivity contribution in [3.8, 4) is 0 Å². The van der Waals surface area contributed by atoms with E-state index in [4.69, 9.17) is 4.42 Å². The van der Waals surface area contributed by atoms with Crippen molar-refractivity contribution in [3.63, 3.8) is 0 Å². The van der Waals surface area contributed by atoms with Crippen LogP contribution in [0.25, 0.3) is 10.8 Å². The first-order chi connectivity index (χ1) is 14.1. The lowest BCUT2D eigenvalue weighted by Crippen LogP contribution is -2.14. The zero-order chi connectivity index (χ0) is 20.6. The molecule has 0 aliphatic heterocycles. The molecule has 1 saturated carbocycles. The van der Waals surface area contributed by atoms with E-state index in [1.807, 2.05) is 25.1 Å². The zero-order valence-electron chi connectivity index (χ0n) is 17.9. The van der Waals surface area contributed by atoms with Crippen molar-refractivity contribution < 1.29 is 8.81 Å². The highest BCUT2D eigenvalue weighted by atomic mass is 19.1.